The SMILES string of the molecule is COC(=O)[C@H]1O[C@@H](Oc2ccc(COC(=O)NCc3ccccc3)cc2[N+](=O)[O-])[C@H](OC(C)=O)[C@@H](OC(C)=O)[C@@H]1OC(C)=O. The van der Waals surface area contributed by atoms with Gasteiger partial charge in [0.2, 0.25) is 12.4 Å². The molecule has 0 bridgehead atoms. The fourth-order valence-electron chi connectivity index (χ4n) is 4.16. The van der Waals surface area contributed by atoms with Crippen LogP contribution in [0.25, 0.3) is 0 Å². The number of methoxy groups -OCH3 is 1. The van der Waals surface area contributed by atoms with E-state index in [9.17, 15) is 34.1 Å². The first-order valence-corrected chi connectivity index (χ1v) is 13.0. The molecule has 16 heteroatoms. The lowest BCUT2D eigenvalue weighted by Crippen LogP contribution is -2.64. The standard InChI is InChI=1S/C28H30N2O14/c1-15(31)40-22-23(41-16(2)32)25(42-17(3)33)27(44-24(22)26(34)38-4)43-21-11-10-19(12-20(21)30(36)37)14-39-28(35)29-13-18-8-6-5-7-9-18/h5-12,22-25,27H,13-14H2,1-4H3,(H,29,35)/t22-,23-,24-,25+,27+/m0/s1. The number of ether oxygens (including phenoxy) is 7. The van der Waals surface area contributed by atoms with Crippen molar-refractivity contribution in [2.75, 3.05) is 7.11 Å². The number of carbonyl (C=O) groups is 5. The largest absolute Gasteiger partial charge is 0.467 e. The molecule has 0 spiro atoms. The molecule has 1 heterocycles. The zero-order chi connectivity index (χ0) is 32.4. The zero-order valence-corrected chi connectivity index (χ0v) is 24.1. The summed E-state index contributed by atoms with van der Waals surface area (Å²) < 4.78 is 36.9. The molecule has 0 aromatic heterocycles. The van der Waals surface area contributed by atoms with E-state index >= 15 is 0 Å². The number of carbonyl (C=O) groups excluding carboxylic acids is 5. The van der Waals surface area contributed by atoms with E-state index in [0.29, 0.717) is 0 Å². The smallest absolute Gasteiger partial charge is 0.407 e. The molecular weight excluding hydrogens is 588 g/mol. The molecule has 2 aromatic rings. The van der Waals surface area contributed by atoms with Crippen molar-refractivity contribution in [2.24, 2.45) is 0 Å². The maximum atomic E-state index is 12.6. The van der Waals surface area contributed by atoms with Crippen LogP contribution in [0.3, 0.4) is 0 Å². The fraction of sp³-hybridized carbons (Fsp3) is 0.393. The summed E-state index contributed by atoms with van der Waals surface area (Å²) in [6, 6.07) is 12.7. The highest BCUT2D eigenvalue weighted by molar-refractivity contribution is 5.77. The minimum absolute atomic E-state index is 0.205. The Bertz CT molecular complexity index is 1380. The van der Waals surface area contributed by atoms with Gasteiger partial charge in [0.15, 0.2) is 24.1 Å². The molecule has 1 aliphatic rings. The Kier molecular flexibility index (Phi) is 11.6. The quantitative estimate of drug-likeness (QED) is 0.166. The van der Waals surface area contributed by atoms with Gasteiger partial charge in [0.05, 0.1) is 12.0 Å². The number of rotatable bonds is 11. The molecule has 5 atom stereocenters. The Morgan fingerprint density at radius 1 is 0.864 bits per heavy atom. The predicted octanol–water partition coefficient (Wildman–Crippen LogP) is 2.09. The highest BCUT2D eigenvalue weighted by atomic mass is 16.7. The molecule has 0 radical (unpaired) electrons. The topological polar surface area (TPSA) is 205 Å². The van der Waals surface area contributed by atoms with E-state index in [1.807, 2.05) is 30.3 Å². The zero-order valence-electron chi connectivity index (χ0n) is 24.1. The van der Waals surface area contributed by atoms with E-state index in [0.717, 1.165) is 39.5 Å². The first-order chi connectivity index (χ1) is 20.9. The summed E-state index contributed by atoms with van der Waals surface area (Å²) in [4.78, 5) is 71.7. The van der Waals surface area contributed by atoms with Gasteiger partial charge < -0.3 is 38.5 Å². The van der Waals surface area contributed by atoms with Crippen molar-refractivity contribution in [3.63, 3.8) is 0 Å². The van der Waals surface area contributed by atoms with Gasteiger partial charge in [-0.15, -0.1) is 0 Å². The summed E-state index contributed by atoms with van der Waals surface area (Å²) >= 11 is 0. The first-order valence-electron chi connectivity index (χ1n) is 13.0. The van der Waals surface area contributed by atoms with E-state index in [1.54, 1.807) is 0 Å². The van der Waals surface area contributed by atoms with Gasteiger partial charge in [0.1, 0.15) is 6.61 Å². The van der Waals surface area contributed by atoms with Crippen molar-refractivity contribution in [2.45, 2.75) is 64.6 Å². The molecule has 1 amide bonds. The molecule has 1 saturated heterocycles. The summed E-state index contributed by atoms with van der Waals surface area (Å²) in [7, 11) is 1.01. The fourth-order valence-corrected chi connectivity index (χ4v) is 4.16. The van der Waals surface area contributed by atoms with Gasteiger partial charge >= 0.3 is 35.7 Å². The van der Waals surface area contributed by atoms with Gasteiger partial charge in [0, 0.05) is 33.4 Å². The number of benzene rings is 2. The Morgan fingerprint density at radius 3 is 2.07 bits per heavy atom. The van der Waals surface area contributed by atoms with Crippen LogP contribution in [0.1, 0.15) is 31.9 Å². The van der Waals surface area contributed by atoms with Crippen LogP contribution in [0.2, 0.25) is 0 Å². The Morgan fingerprint density at radius 2 is 1.48 bits per heavy atom. The van der Waals surface area contributed by atoms with Crippen molar-refractivity contribution < 1.29 is 62.1 Å². The van der Waals surface area contributed by atoms with Gasteiger partial charge in [-0.1, -0.05) is 36.4 Å². The molecule has 1 N–H and O–H groups in total. The summed E-state index contributed by atoms with van der Waals surface area (Å²) in [5.41, 5.74) is 0.449. The van der Waals surface area contributed by atoms with E-state index in [-0.39, 0.29) is 18.7 Å². The Balaban J connectivity index is 1.86. The molecule has 1 aliphatic heterocycles. The van der Waals surface area contributed by atoms with Crippen molar-refractivity contribution in [1.29, 1.82) is 0 Å². The minimum Gasteiger partial charge on any atom is -0.467 e. The molecule has 16 nitrogen and oxygen atoms in total. The maximum Gasteiger partial charge on any atom is 0.407 e. The average molecular weight is 619 g/mol. The third-order valence-electron chi connectivity index (χ3n) is 5.95. The number of alkyl carbamates (subject to hydrolysis) is 1. The molecule has 0 aliphatic carbocycles. The highest BCUT2D eigenvalue weighted by Crippen LogP contribution is 2.35. The van der Waals surface area contributed by atoms with Crippen molar-refractivity contribution >= 4 is 35.7 Å². The van der Waals surface area contributed by atoms with Crippen molar-refractivity contribution in [1.82, 2.24) is 5.32 Å². The summed E-state index contributed by atoms with van der Waals surface area (Å²) in [6.07, 6.45) is -9.28. The molecule has 0 unspecified atom stereocenters. The lowest BCUT2D eigenvalue weighted by Gasteiger charge is -2.42. The average Bonchev–Trinajstić information content (AvgIpc) is 2.97. The van der Waals surface area contributed by atoms with Gasteiger partial charge in [-0.3, -0.25) is 24.5 Å². The monoisotopic (exact) mass is 618 g/mol. The van der Waals surface area contributed by atoms with Crippen LogP contribution in [-0.4, -0.2) is 72.7 Å². The maximum absolute atomic E-state index is 12.6. The Hall–Kier alpha value is -5.25. The van der Waals surface area contributed by atoms with Gasteiger partial charge in [0.25, 0.3) is 0 Å². The van der Waals surface area contributed by atoms with E-state index in [4.69, 9.17) is 33.2 Å². The molecular formula is C28H30N2O14. The van der Waals surface area contributed by atoms with Crippen LogP contribution < -0.4 is 10.1 Å². The van der Waals surface area contributed by atoms with Crippen molar-refractivity contribution in [3.8, 4) is 5.75 Å². The highest BCUT2D eigenvalue weighted by Gasteiger charge is 2.56. The molecule has 44 heavy (non-hydrogen) atoms. The third kappa shape index (κ3) is 9.12. The van der Waals surface area contributed by atoms with Gasteiger partial charge in [-0.05, 0) is 17.2 Å². The second-order valence-electron chi connectivity index (χ2n) is 9.26. The van der Waals surface area contributed by atoms with Crippen LogP contribution in [0.5, 0.6) is 5.75 Å². The second-order valence-corrected chi connectivity index (χ2v) is 9.26. The van der Waals surface area contributed by atoms with Crippen LogP contribution >= 0.6 is 0 Å². The lowest BCUT2D eigenvalue weighted by molar-refractivity contribution is -0.387. The number of hydrogen-bond donors (Lipinski definition) is 1. The number of hydrogen-bond acceptors (Lipinski definition) is 14. The number of nitro benzene ring substituents is 1. The van der Waals surface area contributed by atoms with E-state index in [2.05, 4.69) is 5.32 Å². The lowest BCUT2D eigenvalue weighted by atomic mass is 9.97. The van der Waals surface area contributed by atoms with Crippen LogP contribution in [0, 0.1) is 10.1 Å². The van der Waals surface area contributed by atoms with Crippen LogP contribution in [0.4, 0.5) is 10.5 Å². The number of amides is 1. The molecule has 236 valence electrons. The van der Waals surface area contributed by atoms with Gasteiger partial charge in [-0.2, -0.15) is 0 Å². The van der Waals surface area contributed by atoms with Gasteiger partial charge in [-0.25, -0.2) is 9.59 Å². The third-order valence-corrected chi connectivity index (χ3v) is 5.95. The summed E-state index contributed by atoms with van der Waals surface area (Å²) in [6.45, 7) is 2.92. The van der Waals surface area contributed by atoms with Crippen LogP contribution in [0.15, 0.2) is 48.5 Å². The molecule has 3 rings (SSSR count). The summed E-state index contributed by atoms with van der Waals surface area (Å²) in [5.74, 6) is -4.19. The number of esters is 4. The predicted molar refractivity (Wildman–Crippen MR) is 145 cm³/mol. The minimum atomic E-state index is -1.80. The number of nitrogens with zero attached hydrogens (tertiary/aromatic N) is 1. The molecule has 2 aromatic carbocycles. The Labute approximate surface area is 250 Å². The second kappa shape index (κ2) is 15.3. The first kappa shape index (κ1) is 33.3. The molecule has 0 saturated carbocycles. The normalized spacial score (nSPS) is 20.8. The summed E-state index contributed by atoms with van der Waals surface area (Å²) in [5, 5.41) is 14.5. The number of nitro groups is 1. The molecule has 1 fully saturated rings. The van der Waals surface area contributed by atoms with Crippen molar-refractivity contribution in [3.05, 3.63) is 69.8 Å². The van der Waals surface area contributed by atoms with E-state index in [1.165, 1.54) is 12.1 Å². The number of nitrogens with one attached hydrogen (secondary N) is 1. The van der Waals surface area contributed by atoms with Crippen LogP contribution in [-0.2, 0) is 60.8 Å². The van der Waals surface area contributed by atoms with E-state index < -0.39 is 77.0 Å².